The Balaban J connectivity index is 1.70. The van der Waals surface area contributed by atoms with Gasteiger partial charge in [-0.1, -0.05) is 23.7 Å². The van der Waals surface area contributed by atoms with Crippen LogP contribution in [0.25, 0.3) is 0 Å². The minimum atomic E-state index is -0.419. The van der Waals surface area contributed by atoms with Crippen molar-refractivity contribution < 1.29 is 19.1 Å². The van der Waals surface area contributed by atoms with Gasteiger partial charge in [-0.3, -0.25) is 9.59 Å². The molecular weight excluding hydrogens is 330 g/mol. The van der Waals surface area contributed by atoms with E-state index in [2.05, 4.69) is 5.32 Å². The minimum absolute atomic E-state index is 0.209. The number of hydrogen-bond acceptors (Lipinski definition) is 4. The molecule has 0 aliphatic carbocycles. The number of halogens is 1. The lowest BCUT2D eigenvalue weighted by Crippen LogP contribution is -2.21. The van der Waals surface area contributed by atoms with Crippen LogP contribution in [0.3, 0.4) is 0 Å². The Kier molecular flexibility index (Phi) is 6.63. The van der Waals surface area contributed by atoms with Crippen LogP contribution < -0.4 is 10.1 Å². The number of rotatable bonds is 7. The Bertz CT molecular complexity index is 683. The maximum Gasteiger partial charge on any atom is 0.306 e. The van der Waals surface area contributed by atoms with Crippen LogP contribution in [0.15, 0.2) is 48.5 Å². The molecule has 1 N–H and O–H groups in total. The number of methoxy groups -OCH3 is 1. The normalized spacial score (nSPS) is 10.1. The van der Waals surface area contributed by atoms with E-state index in [1.165, 1.54) is 0 Å². The van der Waals surface area contributed by atoms with Crippen molar-refractivity contribution >= 4 is 29.2 Å². The van der Waals surface area contributed by atoms with E-state index in [0.717, 1.165) is 11.3 Å². The number of hydrogen-bond donors (Lipinski definition) is 1. The number of esters is 1. The van der Waals surface area contributed by atoms with E-state index in [-0.39, 0.29) is 13.0 Å². The molecule has 1 amide bonds. The number of ether oxygens (including phenoxy) is 2. The zero-order valence-electron chi connectivity index (χ0n) is 13.3. The van der Waals surface area contributed by atoms with Gasteiger partial charge in [0.05, 0.1) is 7.11 Å². The van der Waals surface area contributed by atoms with Crippen LogP contribution in [-0.4, -0.2) is 25.6 Å². The highest BCUT2D eigenvalue weighted by molar-refractivity contribution is 6.30. The highest BCUT2D eigenvalue weighted by atomic mass is 35.5. The Hall–Kier alpha value is -2.53. The predicted octanol–water partition coefficient (Wildman–Crippen LogP) is 3.46. The molecule has 0 atom stereocenters. The highest BCUT2D eigenvalue weighted by Crippen LogP contribution is 2.14. The third-order valence-electron chi connectivity index (χ3n) is 3.27. The van der Waals surface area contributed by atoms with Crippen LogP contribution in [-0.2, 0) is 20.7 Å². The highest BCUT2D eigenvalue weighted by Gasteiger charge is 2.08. The lowest BCUT2D eigenvalue weighted by molar-refractivity contribution is -0.147. The topological polar surface area (TPSA) is 64.6 Å². The molecule has 0 saturated carbocycles. The van der Waals surface area contributed by atoms with Crippen molar-refractivity contribution in [2.45, 2.75) is 12.8 Å². The first-order valence-corrected chi connectivity index (χ1v) is 7.78. The van der Waals surface area contributed by atoms with Gasteiger partial charge in [-0.25, -0.2) is 0 Å². The van der Waals surface area contributed by atoms with Crippen molar-refractivity contribution in [3.63, 3.8) is 0 Å². The number of anilines is 1. The maximum atomic E-state index is 11.7. The molecule has 0 fully saturated rings. The first-order chi connectivity index (χ1) is 11.6. The molecule has 6 heteroatoms. The van der Waals surface area contributed by atoms with Crippen LogP contribution >= 0.6 is 11.6 Å². The first kappa shape index (κ1) is 17.8. The average molecular weight is 348 g/mol. The second kappa shape index (κ2) is 8.93. The van der Waals surface area contributed by atoms with Crippen molar-refractivity contribution in [2.24, 2.45) is 0 Å². The molecule has 0 unspecified atom stereocenters. The fourth-order valence-corrected chi connectivity index (χ4v) is 2.11. The molecule has 2 aromatic rings. The fourth-order valence-electron chi connectivity index (χ4n) is 1.99. The van der Waals surface area contributed by atoms with Crippen molar-refractivity contribution in [3.05, 3.63) is 59.1 Å². The van der Waals surface area contributed by atoms with E-state index < -0.39 is 11.9 Å². The summed E-state index contributed by atoms with van der Waals surface area (Å²) in [5, 5.41) is 3.20. The van der Waals surface area contributed by atoms with Crippen LogP contribution in [0.5, 0.6) is 5.75 Å². The Morgan fingerprint density at radius 2 is 1.71 bits per heavy atom. The van der Waals surface area contributed by atoms with Gasteiger partial charge in [0.25, 0.3) is 5.91 Å². The third-order valence-corrected chi connectivity index (χ3v) is 3.52. The van der Waals surface area contributed by atoms with E-state index in [1.54, 1.807) is 31.4 Å². The predicted molar refractivity (Wildman–Crippen MR) is 92.4 cm³/mol. The Labute approximate surface area is 145 Å². The molecule has 0 bridgehead atoms. The molecule has 0 heterocycles. The van der Waals surface area contributed by atoms with Gasteiger partial charge in [0.1, 0.15) is 5.75 Å². The summed E-state index contributed by atoms with van der Waals surface area (Å²) in [4.78, 5) is 23.4. The van der Waals surface area contributed by atoms with Gasteiger partial charge >= 0.3 is 5.97 Å². The van der Waals surface area contributed by atoms with Gasteiger partial charge in [-0.05, 0) is 48.4 Å². The van der Waals surface area contributed by atoms with Crippen molar-refractivity contribution in [1.29, 1.82) is 0 Å². The fraction of sp³-hybridized carbons (Fsp3) is 0.222. The van der Waals surface area contributed by atoms with Gasteiger partial charge in [-0.2, -0.15) is 0 Å². The minimum Gasteiger partial charge on any atom is -0.497 e. The van der Waals surface area contributed by atoms with Gasteiger partial charge in [0.15, 0.2) is 6.61 Å². The van der Waals surface area contributed by atoms with Crippen LogP contribution in [0, 0.1) is 0 Å². The molecule has 0 aromatic heterocycles. The lowest BCUT2D eigenvalue weighted by atomic mass is 10.1. The monoisotopic (exact) mass is 347 g/mol. The summed E-state index contributed by atoms with van der Waals surface area (Å²) in [7, 11) is 1.60. The van der Waals surface area contributed by atoms with E-state index in [1.807, 2.05) is 24.3 Å². The molecule has 0 radical (unpaired) electrons. The van der Waals surface area contributed by atoms with E-state index in [4.69, 9.17) is 21.1 Å². The summed E-state index contributed by atoms with van der Waals surface area (Å²) < 4.78 is 10.0. The summed E-state index contributed by atoms with van der Waals surface area (Å²) in [6, 6.07) is 14.1. The van der Waals surface area contributed by atoms with Crippen LogP contribution in [0.2, 0.25) is 5.02 Å². The number of carbonyl (C=O) groups excluding carboxylic acids is 2. The third kappa shape index (κ3) is 5.93. The molecule has 126 valence electrons. The van der Waals surface area contributed by atoms with Crippen molar-refractivity contribution in [3.8, 4) is 5.75 Å². The largest absolute Gasteiger partial charge is 0.497 e. The summed E-state index contributed by atoms with van der Waals surface area (Å²) in [5.74, 6) is -0.0487. The smallest absolute Gasteiger partial charge is 0.306 e. The molecule has 2 rings (SSSR count). The van der Waals surface area contributed by atoms with Gasteiger partial charge in [-0.15, -0.1) is 0 Å². The number of carbonyl (C=O) groups is 2. The number of nitrogens with one attached hydrogen (secondary N) is 1. The second-order valence-electron chi connectivity index (χ2n) is 5.06. The molecular formula is C18H18ClNO4. The molecule has 5 nitrogen and oxygen atoms in total. The number of aryl methyl sites for hydroxylation is 1. The summed E-state index contributed by atoms with van der Waals surface area (Å²) in [6.07, 6.45) is 0.752. The molecule has 0 aliphatic heterocycles. The summed E-state index contributed by atoms with van der Waals surface area (Å²) in [5.41, 5.74) is 1.59. The van der Waals surface area contributed by atoms with Crippen molar-refractivity contribution in [1.82, 2.24) is 0 Å². The van der Waals surface area contributed by atoms with Gasteiger partial charge in [0.2, 0.25) is 0 Å². The van der Waals surface area contributed by atoms with E-state index >= 15 is 0 Å². The molecule has 24 heavy (non-hydrogen) atoms. The second-order valence-corrected chi connectivity index (χ2v) is 5.50. The summed E-state index contributed by atoms with van der Waals surface area (Å²) in [6.45, 7) is -0.315. The number of amides is 1. The van der Waals surface area contributed by atoms with Gasteiger partial charge < -0.3 is 14.8 Å². The van der Waals surface area contributed by atoms with Crippen molar-refractivity contribution in [2.75, 3.05) is 19.0 Å². The maximum absolute atomic E-state index is 11.7. The SMILES string of the molecule is COc1ccc(CCC(=O)OCC(=O)Nc2ccc(Cl)cc2)cc1. The molecule has 2 aromatic carbocycles. The Morgan fingerprint density at radius 1 is 1.04 bits per heavy atom. The average Bonchev–Trinajstić information content (AvgIpc) is 2.60. The zero-order valence-corrected chi connectivity index (χ0v) is 14.0. The van der Waals surface area contributed by atoms with Crippen LogP contribution in [0.1, 0.15) is 12.0 Å². The lowest BCUT2D eigenvalue weighted by Gasteiger charge is -2.07. The number of benzene rings is 2. The van der Waals surface area contributed by atoms with Gasteiger partial charge in [0, 0.05) is 17.1 Å². The quantitative estimate of drug-likeness (QED) is 0.779. The first-order valence-electron chi connectivity index (χ1n) is 7.41. The van der Waals surface area contributed by atoms with E-state index in [9.17, 15) is 9.59 Å². The zero-order chi connectivity index (χ0) is 17.4. The molecule has 0 saturated heterocycles. The molecule has 0 aliphatic rings. The van der Waals surface area contributed by atoms with E-state index in [0.29, 0.717) is 17.1 Å². The summed E-state index contributed by atoms with van der Waals surface area (Å²) >= 11 is 5.76. The Morgan fingerprint density at radius 3 is 2.33 bits per heavy atom. The molecule has 0 spiro atoms. The van der Waals surface area contributed by atoms with Crippen LogP contribution in [0.4, 0.5) is 5.69 Å². The standard InChI is InChI=1S/C18H18ClNO4/c1-23-16-9-2-13(3-10-16)4-11-18(22)24-12-17(21)20-15-7-5-14(19)6-8-15/h2-3,5-10H,4,11-12H2,1H3,(H,20,21).